The number of ether oxygens (including phenoxy) is 1. The first-order valence-corrected chi connectivity index (χ1v) is 10.1. The molecule has 0 radical (unpaired) electrons. The number of thiophene rings is 1. The highest BCUT2D eigenvalue weighted by Crippen LogP contribution is 2.29. The maximum atomic E-state index is 12.8. The summed E-state index contributed by atoms with van der Waals surface area (Å²) in [5.74, 6) is 0.698. The summed E-state index contributed by atoms with van der Waals surface area (Å²) >= 11 is 2.81. The second-order valence-corrected chi connectivity index (χ2v) is 7.97. The molecule has 5 nitrogen and oxygen atoms in total. The molecule has 2 aromatic heterocycles. The van der Waals surface area contributed by atoms with E-state index in [9.17, 15) is 9.59 Å². The van der Waals surface area contributed by atoms with Crippen LogP contribution in [0.4, 0.5) is 0 Å². The molecule has 0 N–H and O–H groups in total. The maximum Gasteiger partial charge on any atom is 0.263 e. The maximum absolute atomic E-state index is 12.8. The van der Waals surface area contributed by atoms with E-state index >= 15 is 0 Å². The van der Waals surface area contributed by atoms with E-state index < -0.39 is 0 Å². The van der Waals surface area contributed by atoms with Crippen molar-refractivity contribution in [3.05, 3.63) is 50.6 Å². The SMILES string of the molecule is CCn1c(SCC(=O)c2ccccc2OC)nc2sc(C)c(C)c2c1=O. The summed E-state index contributed by atoms with van der Waals surface area (Å²) in [6, 6.07) is 7.15. The number of carbonyl (C=O) groups excluding carboxylic acids is 1. The number of aromatic nitrogens is 2. The minimum Gasteiger partial charge on any atom is -0.496 e. The van der Waals surface area contributed by atoms with Crippen molar-refractivity contribution in [3.63, 3.8) is 0 Å². The third-order valence-electron chi connectivity index (χ3n) is 4.31. The highest BCUT2D eigenvalue weighted by molar-refractivity contribution is 7.99. The van der Waals surface area contributed by atoms with E-state index in [-0.39, 0.29) is 17.1 Å². The molecule has 7 heteroatoms. The minimum atomic E-state index is -0.0528. The molecule has 1 aromatic carbocycles. The summed E-state index contributed by atoms with van der Waals surface area (Å²) in [5, 5.41) is 1.27. The van der Waals surface area contributed by atoms with Crippen molar-refractivity contribution >= 4 is 39.1 Å². The van der Waals surface area contributed by atoms with Gasteiger partial charge in [0.25, 0.3) is 5.56 Å². The van der Waals surface area contributed by atoms with Crippen LogP contribution in [0.3, 0.4) is 0 Å². The zero-order valence-electron chi connectivity index (χ0n) is 15.2. The average Bonchev–Trinajstić information content (AvgIpc) is 2.93. The predicted octanol–water partition coefficient (Wildman–Crippen LogP) is 4.08. The van der Waals surface area contributed by atoms with Gasteiger partial charge in [-0.05, 0) is 38.5 Å². The average molecular weight is 389 g/mol. The van der Waals surface area contributed by atoms with Crippen molar-refractivity contribution in [2.45, 2.75) is 32.5 Å². The van der Waals surface area contributed by atoms with Crippen LogP contribution in [0.1, 0.15) is 27.7 Å². The van der Waals surface area contributed by atoms with E-state index in [1.807, 2.05) is 32.9 Å². The van der Waals surface area contributed by atoms with Crippen molar-refractivity contribution < 1.29 is 9.53 Å². The van der Waals surface area contributed by atoms with E-state index in [0.29, 0.717) is 28.4 Å². The van der Waals surface area contributed by atoms with Gasteiger partial charge in [-0.1, -0.05) is 23.9 Å². The first kappa shape index (κ1) is 18.7. The van der Waals surface area contributed by atoms with Crippen LogP contribution in [-0.4, -0.2) is 28.2 Å². The van der Waals surface area contributed by atoms with E-state index in [1.165, 1.54) is 23.1 Å². The third kappa shape index (κ3) is 3.29. The predicted molar refractivity (Wildman–Crippen MR) is 107 cm³/mol. The van der Waals surface area contributed by atoms with Crippen molar-refractivity contribution in [1.29, 1.82) is 0 Å². The van der Waals surface area contributed by atoms with Gasteiger partial charge < -0.3 is 4.74 Å². The molecular formula is C19H20N2O3S2. The lowest BCUT2D eigenvalue weighted by molar-refractivity contribution is 0.101. The number of benzene rings is 1. The first-order chi connectivity index (χ1) is 12.5. The quantitative estimate of drug-likeness (QED) is 0.362. The standard InChI is InChI=1S/C19H20N2O3S2/c1-5-21-18(23)16-11(2)12(3)26-17(16)20-19(21)25-10-14(22)13-8-6-7-9-15(13)24-4/h6-9H,5,10H2,1-4H3. The number of Topliss-reactive ketones (excluding diaryl/α,β-unsaturated/α-hetero) is 1. The van der Waals surface area contributed by atoms with E-state index in [0.717, 1.165) is 15.3 Å². The van der Waals surface area contributed by atoms with Crippen molar-refractivity contribution in [2.24, 2.45) is 0 Å². The number of methoxy groups -OCH3 is 1. The molecule has 0 fully saturated rings. The Balaban J connectivity index is 1.94. The molecule has 0 aliphatic carbocycles. The monoisotopic (exact) mass is 388 g/mol. The van der Waals surface area contributed by atoms with E-state index in [1.54, 1.807) is 23.8 Å². The molecular weight excluding hydrogens is 368 g/mol. The number of aryl methyl sites for hydroxylation is 2. The van der Waals surface area contributed by atoms with Crippen LogP contribution in [0.2, 0.25) is 0 Å². The van der Waals surface area contributed by atoms with Crippen LogP contribution in [-0.2, 0) is 6.54 Å². The lowest BCUT2D eigenvalue weighted by Gasteiger charge is -2.10. The summed E-state index contributed by atoms with van der Waals surface area (Å²) in [6.45, 7) is 6.38. The van der Waals surface area contributed by atoms with Gasteiger partial charge in [0.1, 0.15) is 10.6 Å². The van der Waals surface area contributed by atoms with Crippen molar-refractivity contribution in [3.8, 4) is 5.75 Å². The molecule has 2 heterocycles. The molecule has 0 amide bonds. The smallest absolute Gasteiger partial charge is 0.263 e. The summed E-state index contributed by atoms with van der Waals surface area (Å²) in [4.78, 5) is 31.9. The number of ketones is 1. The van der Waals surface area contributed by atoms with Gasteiger partial charge in [-0.15, -0.1) is 11.3 Å². The summed E-state index contributed by atoms with van der Waals surface area (Å²) in [7, 11) is 1.55. The second-order valence-electron chi connectivity index (χ2n) is 5.82. The Hall–Kier alpha value is -2.12. The second kappa shape index (κ2) is 7.63. The molecule has 3 aromatic rings. The highest BCUT2D eigenvalue weighted by Gasteiger charge is 2.18. The number of hydrogen-bond acceptors (Lipinski definition) is 6. The van der Waals surface area contributed by atoms with Gasteiger partial charge in [-0.3, -0.25) is 14.2 Å². The molecule has 3 rings (SSSR count). The summed E-state index contributed by atoms with van der Waals surface area (Å²) in [6.07, 6.45) is 0. The van der Waals surface area contributed by atoms with Crippen LogP contribution in [0.25, 0.3) is 10.2 Å². The van der Waals surface area contributed by atoms with Gasteiger partial charge in [-0.25, -0.2) is 4.98 Å². The zero-order valence-corrected chi connectivity index (χ0v) is 16.8. The molecule has 0 unspecified atom stereocenters. The molecule has 0 saturated carbocycles. The Morgan fingerprint density at radius 2 is 2.04 bits per heavy atom. The van der Waals surface area contributed by atoms with Crippen molar-refractivity contribution in [1.82, 2.24) is 9.55 Å². The Kier molecular flexibility index (Phi) is 5.48. The normalized spacial score (nSPS) is 11.1. The molecule has 0 aliphatic heterocycles. The van der Waals surface area contributed by atoms with Crippen molar-refractivity contribution in [2.75, 3.05) is 12.9 Å². The lowest BCUT2D eigenvalue weighted by Crippen LogP contribution is -2.22. The fraction of sp³-hybridized carbons (Fsp3) is 0.316. The number of carbonyl (C=O) groups is 1. The molecule has 0 atom stereocenters. The number of para-hydroxylation sites is 1. The largest absolute Gasteiger partial charge is 0.496 e. The fourth-order valence-electron chi connectivity index (χ4n) is 2.78. The van der Waals surface area contributed by atoms with E-state index in [4.69, 9.17) is 4.74 Å². The van der Waals surface area contributed by atoms with Gasteiger partial charge in [0.05, 0.1) is 23.8 Å². The topological polar surface area (TPSA) is 61.2 Å². The van der Waals surface area contributed by atoms with Gasteiger partial charge in [-0.2, -0.15) is 0 Å². The number of nitrogens with zero attached hydrogens (tertiary/aromatic N) is 2. The Bertz CT molecular complexity index is 1040. The molecule has 0 aliphatic rings. The summed E-state index contributed by atoms with van der Waals surface area (Å²) < 4.78 is 6.90. The van der Waals surface area contributed by atoms with Crippen LogP contribution < -0.4 is 10.3 Å². The van der Waals surface area contributed by atoms with Gasteiger partial charge in [0, 0.05) is 11.4 Å². The minimum absolute atomic E-state index is 0.0356. The first-order valence-electron chi connectivity index (χ1n) is 8.27. The molecule has 0 spiro atoms. The zero-order chi connectivity index (χ0) is 18.8. The van der Waals surface area contributed by atoms with E-state index in [2.05, 4.69) is 4.98 Å². The fourth-order valence-corrected chi connectivity index (χ4v) is 4.80. The van der Waals surface area contributed by atoms with Gasteiger partial charge >= 0.3 is 0 Å². The summed E-state index contributed by atoms with van der Waals surface area (Å²) in [5.41, 5.74) is 1.50. The number of thioether (sulfide) groups is 1. The lowest BCUT2D eigenvalue weighted by atomic mass is 10.1. The molecule has 0 bridgehead atoms. The molecule has 136 valence electrons. The van der Waals surface area contributed by atoms with Crippen LogP contribution in [0, 0.1) is 13.8 Å². The number of rotatable bonds is 6. The van der Waals surface area contributed by atoms with Crippen LogP contribution >= 0.6 is 23.1 Å². The van der Waals surface area contributed by atoms with Crippen LogP contribution in [0.5, 0.6) is 5.75 Å². The van der Waals surface area contributed by atoms with Gasteiger partial charge in [0.2, 0.25) is 0 Å². The number of fused-ring (bicyclic) bond motifs is 1. The highest BCUT2D eigenvalue weighted by atomic mass is 32.2. The molecule has 0 saturated heterocycles. The number of hydrogen-bond donors (Lipinski definition) is 0. The molecule has 26 heavy (non-hydrogen) atoms. The Morgan fingerprint density at radius 3 is 2.73 bits per heavy atom. The van der Waals surface area contributed by atoms with Crippen LogP contribution in [0.15, 0.2) is 34.2 Å². The van der Waals surface area contributed by atoms with Gasteiger partial charge in [0.15, 0.2) is 10.9 Å². The Morgan fingerprint density at radius 1 is 1.31 bits per heavy atom. The third-order valence-corrected chi connectivity index (χ3v) is 6.39. The Labute approximate surface area is 160 Å².